The first-order chi connectivity index (χ1) is 10.4. The molecule has 0 saturated heterocycles. The van der Waals surface area contributed by atoms with E-state index in [0.717, 1.165) is 12.8 Å². The molecule has 122 valence electrons. The number of nitrogens with one attached hydrogen (secondary N) is 1. The van der Waals surface area contributed by atoms with Crippen LogP contribution in [0.2, 0.25) is 5.02 Å². The van der Waals surface area contributed by atoms with E-state index in [2.05, 4.69) is 21.2 Å². The fraction of sp³-hybridized carbons (Fsp3) is 0.600. The van der Waals surface area contributed by atoms with E-state index in [0.29, 0.717) is 32.5 Å². The highest BCUT2D eigenvalue weighted by atomic mass is 79.9. The molecule has 1 aliphatic heterocycles. The van der Waals surface area contributed by atoms with Crippen molar-refractivity contribution in [1.82, 2.24) is 4.31 Å². The van der Waals surface area contributed by atoms with Gasteiger partial charge >= 0.3 is 0 Å². The summed E-state index contributed by atoms with van der Waals surface area (Å²) in [5.74, 6) is 0.425. The Hall–Kier alpha value is -0.300. The molecule has 1 saturated carbocycles. The van der Waals surface area contributed by atoms with Crippen molar-refractivity contribution in [2.24, 2.45) is 5.92 Å². The molecule has 4 nitrogen and oxygen atoms in total. The van der Waals surface area contributed by atoms with E-state index in [-0.39, 0.29) is 6.04 Å². The summed E-state index contributed by atoms with van der Waals surface area (Å²) in [5, 5.41) is 3.81. The van der Waals surface area contributed by atoms with E-state index in [1.54, 1.807) is 23.5 Å². The lowest BCUT2D eigenvalue weighted by Gasteiger charge is -2.34. The highest BCUT2D eigenvalue weighted by Crippen LogP contribution is 2.38. The topological polar surface area (TPSA) is 49.4 Å². The van der Waals surface area contributed by atoms with Crippen LogP contribution < -0.4 is 5.32 Å². The van der Waals surface area contributed by atoms with Crippen LogP contribution in [0.4, 0.5) is 5.69 Å². The minimum atomic E-state index is -3.51. The Morgan fingerprint density at radius 3 is 2.64 bits per heavy atom. The van der Waals surface area contributed by atoms with Crippen molar-refractivity contribution in [3.8, 4) is 0 Å². The predicted octanol–water partition coefficient (Wildman–Crippen LogP) is 4.10. The SMILES string of the molecule is CN1C(C2CCCCC2)CNc2cc(Cl)c(Br)cc2S1(=O)=O. The normalized spacial score (nSPS) is 26.0. The van der Waals surface area contributed by atoms with Gasteiger partial charge in [0, 0.05) is 24.1 Å². The zero-order chi connectivity index (χ0) is 15.9. The molecule has 1 aliphatic carbocycles. The quantitative estimate of drug-likeness (QED) is 0.762. The number of nitrogens with zero attached hydrogens (tertiary/aromatic N) is 1. The number of halogens is 2. The van der Waals surface area contributed by atoms with Crippen LogP contribution in [0, 0.1) is 5.92 Å². The summed E-state index contributed by atoms with van der Waals surface area (Å²) >= 11 is 9.44. The van der Waals surface area contributed by atoms with Crippen molar-refractivity contribution in [2.75, 3.05) is 18.9 Å². The van der Waals surface area contributed by atoms with E-state index < -0.39 is 10.0 Å². The third-order valence-corrected chi connectivity index (χ3v) is 7.96. The van der Waals surface area contributed by atoms with Crippen LogP contribution in [0.3, 0.4) is 0 Å². The predicted molar refractivity (Wildman–Crippen MR) is 93.0 cm³/mol. The summed E-state index contributed by atoms with van der Waals surface area (Å²) in [6.45, 7) is 0.630. The Bertz CT molecular complexity index is 674. The lowest BCUT2D eigenvalue weighted by atomic mass is 9.84. The fourth-order valence-electron chi connectivity index (χ4n) is 3.54. The van der Waals surface area contributed by atoms with E-state index in [9.17, 15) is 8.42 Å². The second-order valence-electron chi connectivity index (χ2n) is 6.13. The number of sulfonamides is 1. The molecule has 0 amide bonds. The third-order valence-electron chi connectivity index (χ3n) is 4.84. The molecule has 0 bridgehead atoms. The highest BCUT2D eigenvalue weighted by molar-refractivity contribution is 9.10. The molecule has 0 spiro atoms. The second kappa shape index (κ2) is 6.30. The number of rotatable bonds is 1. The zero-order valence-electron chi connectivity index (χ0n) is 12.5. The van der Waals surface area contributed by atoms with Gasteiger partial charge in [0.25, 0.3) is 0 Å². The van der Waals surface area contributed by atoms with Gasteiger partial charge in [0.15, 0.2) is 0 Å². The average molecular weight is 408 g/mol. The lowest BCUT2D eigenvalue weighted by Crippen LogP contribution is -2.44. The summed E-state index contributed by atoms with van der Waals surface area (Å²) in [4.78, 5) is 0.296. The number of hydrogen-bond acceptors (Lipinski definition) is 3. The van der Waals surface area contributed by atoms with E-state index in [1.807, 2.05) is 0 Å². The van der Waals surface area contributed by atoms with Crippen molar-refractivity contribution in [1.29, 1.82) is 0 Å². The van der Waals surface area contributed by atoms with E-state index in [1.165, 1.54) is 19.3 Å². The maximum absolute atomic E-state index is 13.0. The maximum atomic E-state index is 13.0. The molecular formula is C15H20BrClN2O2S. The highest BCUT2D eigenvalue weighted by Gasteiger charge is 2.37. The van der Waals surface area contributed by atoms with Gasteiger partial charge < -0.3 is 5.32 Å². The van der Waals surface area contributed by atoms with Crippen molar-refractivity contribution in [3.05, 3.63) is 21.6 Å². The van der Waals surface area contributed by atoms with Gasteiger partial charge in [-0.15, -0.1) is 0 Å². The summed E-state index contributed by atoms with van der Waals surface area (Å²) in [5.41, 5.74) is 0.596. The van der Waals surface area contributed by atoms with Crippen LogP contribution in [-0.4, -0.2) is 32.4 Å². The molecule has 1 atom stereocenters. The van der Waals surface area contributed by atoms with Crippen LogP contribution in [0.5, 0.6) is 0 Å². The molecule has 2 aliphatic rings. The first-order valence-electron chi connectivity index (χ1n) is 7.62. The first-order valence-corrected chi connectivity index (χ1v) is 10.2. The molecule has 0 radical (unpaired) electrons. The Morgan fingerprint density at radius 2 is 1.95 bits per heavy atom. The van der Waals surface area contributed by atoms with Gasteiger partial charge in [0.1, 0.15) is 4.90 Å². The number of benzene rings is 1. The van der Waals surface area contributed by atoms with Crippen LogP contribution >= 0.6 is 27.5 Å². The molecule has 1 unspecified atom stereocenters. The fourth-order valence-corrected chi connectivity index (χ4v) is 5.79. The molecular weight excluding hydrogens is 388 g/mol. The van der Waals surface area contributed by atoms with Crippen molar-refractivity contribution < 1.29 is 8.42 Å². The van der Waals surface area contributed by atoms with Gasteiger partial charge in [-0.25, -0.2) is 8.42 Å². The maximum Gasteiger partial charge on any atom is 0.245 e. The van der Waals surface area contributed by atoms with Gasteiger partial charge in [0.05, 0.1) is 10.7 Å². The summed E-state index contributed by atoms with van der Waals surface area (Å²) in [6.07, 6.45) is 5.86. The lowest BCUT2D eigenvalue weighted by molar-refractivity contribution is 0.222. The third kappa shape index (κ3) is 2.90. The Labute approximate surface area is 145 Å². The van der Waals surface area contributed by atoms with Gasteiger partial charge in [0.2, 0.25) is 10.0 Å². The first kappa shape index (κ1) is 16.6. The van der Waals surface area contributed by atoms with Crippen molar-refractivity contribution >= 4 is 43.2 Å². The molecule has 1 aromatic carbocycles. The minimum Gasteiger partial charge on any atom is -0.382 e. The molecule has 1 heterocycles. The van der Waals surface area contributed by atoms with Crippen molar-refractivity contribution in [2.45, 2.75) is 43.0 Å². The number of likely N-dealkylation sites (N-methyl/N-ethyl adjacent to an activating group) is 1. The van der Waals surface area contributed by atoms with Crippen LogP contribution in [-0.2, 0) is 10.0 Å². The molecule has 0 aromatic heterocycles. The summed E-state index contributed by atoms with van der Waals surface area (Å²) in [6, 6.07) is 3.28. The molecule has 1 aromatic rings. The smallest absolute Gasteiger partial charge is 0.245 e. The largest absolute Gasteiger partial charge is 0.382 e. The van der Waals surface area contributed by atoms with E-state index >= 15 is 0 Å². The Kier molecular flexibility index (Phi) is 4.74. The van der Waals surface area contributed by atoms with Crippen LogP contribution in [0.1, 0.15) is 32.1 Å². The molecule has 22 heavy (non-hydrogen) atoms. The molecule has 1 fully saturated rings. The molecule has 3 rings (SSSR count). The van der Waals surface area contributed by atoms with E-state index in [4.69, 9.17) is 11.6 Å². The summed E-state index contributed by atoms with van der Waals surface area (Å²) in [7, 11) is -1.81. The zero-order valence-corrected chi connectivity index (χ0v) is 15.6. The Morgan fingerprint density at radius 1 is 1.27 bits per heavy atom. The van der Waals surface area contributed by atoms with Crippen LogP contribution in [0.15, 0.2) is 21.5 Å². The average Bonchev–Trinajstić information content (AvgIpc) is 2.59. The monoisotopic (exact) mass is 406 g/mol. The Balaban J connectivity index is 2.00. The van der Waals surface area contributed by atoms with Gasteiger partial charge in [-0.2, -0.15) is 4.31 Å². The molecule has 7 heteroatoms. The molecule has 1 N–H and O–H groups in total. The van der Waals surface area contributed by atoms with Gasteiger partial charge in [-0.3, -0.25) is 0 Å². The van der Waals surface area contributed by atoms with Gasteiger partial charge in [-0.1, -0.05) is 30.9 Å². The van der Waals surface area contributed by atoms with Crippen molar-refractivity contribution in [3.63, 3.8) is 0 Å². The minimum absolute atomic E-state index is 0.00440. The van der Waals surface area contributed by atoms with Crippen LogP contribution in [0.25, 0.3) is 0 Å². The number of fused-ring (bicyclic) bond motifs is 1. The number of hydrogen-bond donors (Lipinski definition) is 1. The standard InChI is InChI=1S/C15H20BrClN2O2S/c1-19-14(10-5-3-2-4-6-10)9-18-13-8-12(17)11(16)7-15(13)22(19,20)21/h7-8,10,14,18H,2-6,9H2,1H3. The number of anilines is 1. The summed E-state index contributed by atoms with van der Waals surface area (Å²) < 4.78 is 28.1. The van der Waals surface area contributed by atoms with Gasteiger partial charge in [-0.05, 0) is 46.8 Å². The second-order valence-corrected chi connectivity index (χ2v) is 9.36.